The molecule has 2 atom stereocenters. The number of carboxylic acid groups (broad SMARTS) is 1. The second-order valence-corrected chi connectivity index (χ2v) is 4.38. The van der Waals surface area contributed by atoms with E-state index >= 15 is 0 Å². The highest BCUT2D eigenvalue weighted by Crippen LogP contribution is 2.13. The summed E-state index contributed by atoms with van der Waals surface area (Å²) >= 11 is 0. The van der Waals surface area contributed by atoms with E-state index in [1.165, 1.54) is 0 Å². The Hall–Kier alpha value is -0.690. The number of hydrogen-bond acceptors (Lipinski definition) is 5. The Bertz CT molecular complexity index is 237. The van der Waals surface area contributed by atoms with Gasteiger partial charge in [0.05, 0.1) is 25.2 Å². The number of rotatable bonds is 9. The molecule has 6 nitrogen and oxygen atoms in total. The predicted molar refractivity (Wildman–Crippen MR) is 65.7 cm³/mol. The van der Waals surface area contributed by atoms with Gasteiger partial charge in [0, 0.05) is 33.4 Å². The number of aliphatic carboxylic acids is 1. The summed E-state index contributed by atoms with van der Waals surface area (Å²) in [5, 5.41) is 12.0. The molecule has 0 bridgehead atoms. The Morgan fingerprint density at radius 2 is 2.11 bits per heavy atom. The molecule has 6 heteroatoms. The molecule has 1 rings (SSSR count). The standard InChI is InChI=1S/C12H23NO5/c1-16-5-6-17-3-2-4-18-11-7-10(12(14)15)8-13-9-11/h10-11,13H,2-9H2,1H3,(H,14,15). The van der Waals surface area contributed by atoms with Crippen LogP contribution in [0.3, 0.4) is 0 Å². The second-order valence-electron chi connectivity index (χ2n) is 4.38. The topological polar surface area (TPSA) is 77.0 Å². The largest absolute Gasteiger partial charge is 0.481 e. The molecule has 106 valence electrons. The van der Waals surface area contributed by atoms with Crippen LogP contribution in [0.4, 0.5) is 0 Å². The van der Waals surface area contributed by atoms with E-state index in [9.17, 15) is 4.79 Å². The number of carboxylic acids is 1. The van der Waals surface area contributed by atoms with Gasteiger partial charge in [0.25, 0.3) is 0 Å². The zero-order chi connectivity index (χ0) is 13.2. The van der Waals surface area contributed by atoms with Gasteiger partial charge in [-0.3, -0.25) is 4.79 Å². The van der Waals surface area contributed by atoms with Crippen molar-refractivity contribution < 1.29 is 24.1 Å². The van der Waals surface area contributed by atoms with E-state index in [1.807, 2.05) is 0 Å². The molecule has 1 heterocycles. The highest BCUT2D eigenvalue weighted by molar-refractivity contribution is 5.70. The first kappa shape index (κ1) is 15.4. The Labute approximate surface area is 108 Å². The van der Waals surface area contributed by atoms with Crippen molar-refractivity contribution in [1.82, 2.24) is 5.32 Å². The van der Waals surface area contributed by atoms with Crippen molar-refractivity contribution >= 4 is 5.97 Å². The molecule has 0 saturated carbocycles. The van der Waals surface area contributed by atoms with E-state index in [0.29, 0.717) is 39.4 Å². The molecule has 18 heavy (non-hydrogen) atoms. The molecule has 2 unspecified atom stereocenters. The van der Waals surface area contributed by atoms with Gasteiger partial charge in [-0.05, 0) is 12.8 Å². The molecule has 0 aromatic carbocycles. The summed E-state index contributed by atoms with van der Waals surface area (Å²) in [6.45, 7) is 3.72. The lowest BCUT2D eigenvalue weighted by Crippen LogP contribution is -2.43. The first-order valence-electron chi connectivity index (χ1n) is 6.36. The van der Waals surface area contributed by atoms with Crippen LogP contribution < -0.4 is 5.32 Å². The molecule has 2 N–H and O–H groups in total. The van der Waals surface area contributed by atoms with Crippen LogP contribution in [-0.4, -0.2) is 63.8 Å². The van der Waals surface area contributed by atoms with Crippen molar-refractivity contribution in [2.45, 2.75) is 18.9 Å². The summed E-state index contributed by atoms with van der Waals surface area (Å²) < 4.78 is 15.8. The van der Waals surface area contributed by atoms with Crippen molar-refractivity contribution in [2.24, 2.45) is 5.92 Å². The third-order valence-electron chi connectivity index (χ3n) is 2.88. The SMILES string of the molecule is COCCOCCCOC1CNCC(C(=O)O)C1. The summed E-state index contributed by atoms with van der Waals surface area (Å²) in [5.74, 6) is -1.08. The molecule has 1 aliphatic heterocycles. The maximum atomic E-state index is 10.8. The summed E-state index contributed by atoms with van der Waals surface area (Å²) in [4.78, 5) is 10.8. The van der Waals surface area contributed by atoms with Gasteiger partial charge in [-0.15, -0.1) is 0 Å². The van der Waals surface area contributed by atoms with E-state index in [-0.39, 0.29) is 12.0 Å². The number of ether oxygens (including phenoxy) is 3. The van der Waals surface area contributed by atoms with Crippen molar-refractivity contribution in [3.8, 4) is 0 Å². The Morgan fingerprint density at radius 1 is 1.28 bits per heavy atom. The zero-order valence-corrected chi connectivity index (χ0v) is 10.9. The fourth-order valence-corrected chi connectivity index (χ4v) is 1.87. The zero-order valence-electron chi connectivity index (χ0n) is 10.9. The highest BCUT2D eigenvalue weighted by Gasteiger charge is 2.26. The molecular formula is C12H23NO5. The van der Waals surface area contributed by atoms with Gasteiger partial charge in [-0.25, -0.2) is 0 Å². The minimum atomic E-state index is -0.751. The van der Waals surface area contributed by atoms with Gasteiger partial charge < -0.3 is 24.6 Å². The van der Waals surface area contributed by atoms with E-state index in [2.05, 4.69) is 5.32 Å². The van der Waals surface area contributed by atoms with Crippen molar-refractivity contribution in [1.29, 1.82) is 0 Å². The summed E-state index contributed by atoms with van der Waals surface area (Å²) in [6.07, 6.45) is 1.41. The van der Waals surface area contributed by atoms with Gasteiger partial charge in [0.15, 0.2) is 0 Å². The van der Waals surface area contributed by atoms with Crippen LogP contribution in [0.2, 0.25) is 0 Å². The molecular weight excluding hydrogens is 238 g/mol. The van der Waals surface area contributed by atoms with Crippen LogP contribution in [0, 0.1) is 5.92 Å². The average molecular weight is 261 g/mol. The smallest absolute Gasteiger partial charge is 0.307 e. The third kappa shape index (κ3) is 6.30. The summed E-state index contributed by atoms with van der Waals surface area (Å²) in [5.41, 5.74) is 0. The fourth-order valence-electron chi connectivity index (χ4n) is 1.87. The fraction of sp³-hybridized carbons (Fsp3) is 0.917. The normalized spacial score (nSPS) is 24.1. The van der Waals surface area contributed by atoms with Crippen LogP contribution in [0.25, 0.3) is 0 Å². The number of hydrogen-bond donors (Lipinski definition) is 2. The van der Waals surface area contributed by atoms with E-state index < -0.39 is 5.97 Å². The molecule has 0 aromatic heterocycles. The minimum absolute atomic E-state index is 0.00109. The summed E-state index contributed by atoms with van der Waals surface area (Å²) in [7, 11) is 1.64. The molecule has 0 amide bonds. The maximum absolute atomic E-state index is 10.8. The minimum Gasteiger partial charge on any atom is -0.481 e. The van der Waals surface area contributed by atoms with Gasteiger partial charge in [0.2, 0.25) is 0 Å². The van der Waals surface area contributed by atoms with Gasteiger partial charge >= 0.3 is 5.97 Å². The number of methoxy groups -OCH3 is 1. The van der Waals surface area contributed by atoms with Crippen LogP contribution in [0.1, 0.15) is 12.8 Å². The van der Waals surface area contributed by atoms with Crippen LogP contribution in [-0.2, 0) is 19.0 Å². The van der Waals surface area contributed by atoms with Crippen molar-refractivity contribution in [2.75, 3.05) is 46.6 Å². The second kappa shape index (κ2) is 9.27. The molecule has 1 fully saturated rings. The Kier molecular flexibility index (Phi) is 7.91. The molecule has 1 aliphatic rings. The van der Waals surface area contributed by atoms with Gasteiger partial charge in [-0.2, -0.15) is 0 Å². The predicted octanol–water partition coefficient (Wildman–Crippen LogP) is 0.119. The lowest BCUT2D eigenvalue weighted by molar-refractivity contribution is -0.144. The molecule has 1 saturated heterocycles. The van der Waals surface area contributed by atoms with Crippen molar-refractivity contribution in [3.05, 3.63) is 0 Å². The summed E-state index contributed by atoms with van der Waals surface area (Å²) in [6, 6.07) is 0. The van der Waals surface area contributed by atoms with Gasteiger partial charge in [-0.1, -0.05) is 0 Å². The van der Waals surface area contributed by atoms with Crippen LogP contribution in [0.5, 0.6) is 0 Å². The quantitative estimate of drug-likeness (QED) is 0.574. The lowest BCUT2D eigenvalue weighted by Gasteiger charge is -2.27. The molecule has 0 aliphatic carbocycles. The first-order valence-corrected chi connectivity index (χ1v) is 6.36. The molecule has 0 spiro atoms. The van der Waals surface area contributed by atoms with Crippen LogP contribution >= 0.6 is 0 Å². The monoisotopic (exact) mass is 261 g/mol. The molecule has 0 radical (unpaired) electrons. The van der Waals surface area contributed by atoms with Crippen LogP contribution in [0.15, 0.2) is 0 Å². The third-order valence-corrected chi connectivity index (χ3v) is 2.88. The van der Waals surface area contributed by atoms with Gasteiger partial charge in [0.1, 0.15) is 0 Å². The van der Waals surface area contributed by atoms with E-state index in [1.54, 1.807) is 7.11 Å². The maximum Gasteiger partial charge on any atom is 0.307 e. The average Bonchev–Trinajstić information content (AvgIpc) is 2.38. The lowest BCUT2D eigenvalue weighted by atomic mass is 9.98. The first-order chi connectivity index (χ1) is 8.74. The molecule has 0 aromatic rings. The Morgan fingerprint density at radius 3 is 2.83 bits per heavy atom. The number of piperidine rings is 1. The number of nitrogens with one attached hydrogen (secondary N) is 1. The van der Waals surface area contributed by atoms with Crippen molar-refractivity contribution in [3.63, 3.8) is 0 Å². The Balaban J connectivity index is 2.00. The highest BCUT2D eigenvalue weighted by atomic mass is 16.5. The van der Waals surface area contributed by atoms with E-state index in [0.717, 1.165) is 13.0 Å². The number of carbonyl (C=O) groups is 1. The van der Waals surface area contributed by atoms with E-state index in [4.69, 9.17) is 19.3 Å².